The molecule has 0 aliphatic carbocycles. The number of benzene rings is 1. The van der Waals surface area contributed by atoms with Crippen molar-refractivity contribution in [3.8, 4) is 5.75 Å². The SMILES string of the molecule is O=C(NCCSCc1ccsc1)c1cc(Br)ccc1O. The molecule has 0 unspecified atom stereocenters. The highest BCUT2D eigenvalue weighted by Gasteiger charge is 2.10. The van der Waals surface area contributed by atoms with Gasteiger partial charge in [0.1, 0.15) is 5.75 Å². The number of phenols is 1. The zero-order valence-electron chi connectivity index (χ0n) is 10.6. The lowest BCUT2D eigenvalue weighted by atomic mass is 10.2. The molecule has 0 saturated carbocycles. The van der Waals surface area contributed by atoms with Gasteiger partial charge in [-0.05, 0) is 40.6 Å². The Morgan fingerprint density at radius 1 is 1.40 bits per heavy atom. The Balaban J connectivity index is 1.73. The zero-order valence-corrected chi connectivity index (χ0v) is 13.9. The minimum Gasteiger partial charge on any atom is -0.507 e. The van der Waals surface area contributed by atoms with E-state index in [0.29, 0.717) is 12.1 Å². The van der Waals surface area contributed by atoms with Crippen LogP contribution in [0, 0.1) is 0 Å². The fourth-order valence-electron chi connectivity index (χ4n) is 1.59. The van der Waals surface area contributed by atoms with Crippen LogP contribution >= 0.6 is 39.0 Å². The van der Waals surface area contributed by atoms with Gasteiger partial charge in [0.05, 0.1) is 5.56 Å². The lowest BCUT2D eigenvalue weighted by Crippen LogP contribution is -2.25. The van der Waals surface area contributed by atoms with Crippen molar-refractivity contribution in [3.63, 3.8) is 0 Å². The summed E-state index contributed by atoms with van der Waals surface area (Å²) < 4.78 is 0.771. The van der Waals surface area contributed by atoms with E-state index >= 15 is 0 Å². The van der Waals surface area contributed by atoms with Gasteiger partial charge in [0, 0.05) is 22.5 Å². The molecule has 1 heterocycles. The van der Waals surface area contributed by atoms with Crippen molar-refractivity contribution < 1.29 is 9.90 Å². The highest BCUT2D eigenvalue weighted by atomic mass is 79.9. The maximum atomic E-state index is 11.9. The van der Waals surface area contributed by atoms with Gasteiger partial charge in [0.25, 0.3) is 5.91 Å². The van der Waals surface area contributed by atoms with Crippen molar-refractivity contribution in [1.82, 2.24) is 5.32 Å². The van der Waals surface area contributed by atoms with Gasteiger partial charge < -0.3 is 10.4 Å². The molecule has 1 aromatic carbocycles. The fourth-order valence-corrected chi connectivity index (χ4v) is 3.53. The van der Waals surface area contributed by atoms with Gasteiger partial charge in [-0.2, -0.15) is 23.1 Å². The summed E-state index contributed by atoms with van der Waals surface area (Å²) in [4.78, 5) is 11.9. The lowest BCUT2D eigenvalue weighted by Gasteiger charge is -2.07. The van der Waals surface area contributed by atoms with Crippen LogP contribution in [0.5, 0.6) is 5.75 Å². The number of hydrogen-bond donors (Lipinski definition) is 2. The van der Waals surface area contributed by atoms with Crippen molar-refractivity contribution in [3.05, 3.63) is 50.6 Å². The van der Waals surface area contributed by atoms with Crippen LogP contribution in [0.2, 0.25) is 0 Å². The molecule has 0 fully saturated rings. The molecule has 1 amide bonds. The summed E-state index contributed by atoms with van der Waals surface area (Å²) in [5.41, 5.74) is 1.61. The Morgan fingerprint density at radius 3 is 3.00 bits per heavy atom. The van der Waals surface area contributed by atoms with Crippen LogP contribution in [-0.2, 0) is 5.75 Å². The van der Waals surface area contributed by atoms with Crippen LogP contribution in [0.15, 0.2) is 39.5 Å². The number of aromatic hydroxyl groups is 1. The van der Waals surface area contributed by atoms with Crippen LogP contribution < -0.4 is 5.32 Å². The third-order valence-corrected chi connectivity index (χ3v) is 4.84. The van der Waals surface area contributed by atoms with E-state index in [9.17, 15) is 9.90 Å². The zero-order chi connectivity index (χ0) is 14.4. The summed E-state index contributed by atoms with van der Waals surface area (Å²) in [7, 11) is 0. The van der Waals surface area contributed by atoms with E-state index < -0.39 is 0 Å². The van der Waals surface area contributed by atoms with E-state index in [1.807, 2.05) is 0 Å². The first-order valence-electron chi connectivity index (χ1n) is 6.02. The standard InChI is InChI=1S/C14H14BrNO2S2/c15-11-1-2-13(17)12(7-11)14(18)16-4-6-20-9-10-3-5-19-8-10/h1-3,5,7-8,17H,4,6,9H2,(H,16,18). The highest BCUT2D eigenvalue weighted by Crippen LogP contribution is 2.21. The van der Waals surface area contributed by atoms with Crippen LogP contribution in [-0.4, -0.2) is 23.3 Å². The number of amides is 1. The minimum absolute atomic E-state index is 0.00312. The monoisotopic (exact) mass is 371 g/mol. The first kappa shape index (κ1) is 15.4. The number of thiophene rings is 1. The van der Waals surface area contributed by atoms with Crippen molar-refractivity contribution >= 4 is 44.9 Å². The quantitative estimate of drug-likeness (QED) is 0.757. The molecule has 2 aromatic rings. The van der Waals surface area contributed by atoms with Crippen LogP contribution in [0.25, 0.3) is 0 Å². The third-order valence-electron chi connectivity index (χ3n) is 2.58. The normalized spacial score (nSPS) is 10.4. The van der Waals surface area contributed by atoms with Crippen molar-refractivity contribution in [2.45, 2.75) is 5.75 Å². The topological polar surface area (TPSA) is 49.3 Å². The molecule has 1 aromatic heterocycles. The maximum Gasteiger partial charge on any atom is 0.255 e. The van der Waals surface area contributed by atoms with E-state index in [-0.39, 0.29) is 11.7 Å². The van der Waals surface area contributed by atoms with Gasteiger partial charge >= 0.3 is 0 Å². The summed E-state index contributed by atoms with van der Waals surface area (Å²) in [6.45, 7) is 0.583. The number of carbonyl (C=O) groups excluding carboxylic acids is 1. The first-order valence-corrected chi connectivity index (χ1v) is 8.91. The predicted octanol–water partition coefficient (Wildman–Crippen LogP) is 3.88. The molecule has 6 heteroatoms. The van der Waals surface area contributed by atoms with Crippen LogP contribution in [0.4, 0.5) is 0 Å². The molecule has 0 saturated heterocycles. The molecular formula is C14H14BrNO2S2. The largest absolute Gasteiger partial charge is 0.507 e. The number of hydrogen-bond acceptors (Lipinski definition) is 4. The number of nitrogens with one attached hydrogen (secondary N) is 1. The fraction of sp³-hybridized carbons (Fsp3) is 0.214. The molecule has 0 spiro atoms. The summed E-state index contributed by atoms with van der Waals surface area (Å²) in [6.07, 6.45) is 0. The third kappa shape index (κ3) is 4.54. The maximum absolute atomic E-state index is 11.9. The molecule has 2 rings (SSSR count). The second kappa shape index (κ2) is 7.71. The molecule has 106 valence electrons. The smallest absolute Gasteiger partial charge is 0.255 e. The summed E-state index contributed by atoms with van der Waals surface area (Å²) >= 11 is 6.75. The summed E-state index contributed by atoms with van der Waals surface area (Å²) in [6, 6.07) is 6.92. The number of rotatable bonds is 6. The summed E-state index contributed by atoms with van der Waals surface area (Å²) in [5, 5.41) is 16.6. The number of thioether (sulfide) groups is 1. The Morgan fingerprint density at radius 2 is 2.25 bits per heavy atom. The molecule has 2 N–H and O–H groups in total. The van der Waals surface area contributed by atoms with Gasteiger partial charge in [-0.15, -0.1) is 0 Å². The van der Waals surface area contributed by atoms with E-state index in [2.05, 4.69) is 38.1 Å². The van der Waals surface area contributed by atoms with Crippen LogP contribution in [0.1, 0.15) is 15.9 Å². The highest BCUT2D eigenvalue weighted by molar-refractivity contribution is 9.10. The van der Waals surface area contributed by atoms with Gasteiger partial charge in [-0.1, -0.05) is 15.9 Å². The summed E-state index contributed by atoms with van der Waals surface area (Å²) in [5.74, 6) is 1.55. The average molecular weight is 372 g/mol. The van der Waals surface area contributed by atoms with Gasteiger partial charge in [0.2, 0.25) is 0 Å². The predicted molar refractivity (Wildman–Crippen MR) is 88.6 cm³/mol. The molecule has 20 heavy (non-hydrogen) atoms. The second-order valence-electron chi connectivity index (χ2n) is 4.10. The molecular weight excluding hydrogens is 358 g/mol. The Bertz CT molecular complexity index is 573. The van der Waals surface area contributed by atoms with E-state index in [1.54, 1.807) is 35.2 Å². The Kier molecular flexibility index (Phi) is 5.94. The molecule has 0 bridgehead atoms. The molecule has 0 aliphatic heterocycles. The average Bonchev–Trinajstić information content (AvgIpc) is 2.94. The van der Waals surface area contributed by atoms with Crippen molar-refractivity contribution in [1.29, 1.82) is 0 Å². The van der Waals surface area contributed by atoms with Crippen molar-refractivity contribution in [2.24, 2.45) is 0 Å². The number of carbonyl (C=O) groups is 1. The lowest BCUT2D eigenvalue weighted by molar-refractivity contribution is 0.0953. The molecule has 0 radical (unpaired) electrons. The first-order chi connectivity index (χ1) is 9.66. The Hall–Kier alpha value is -0.980. The Labute approximate surface area is 134 Å². The number of phenolic OH excluding ortho intramolecular Hbond substituents is 1. The minimum atomic E-state index is -0.250. The van der Waals surface area contributed by atoms with Gasteiger partial charge in [-0.3, -0.25) is 4.79 Å². The second-order valence-corrected chi connectivity index (χ2v) is 6.90. The molecule has 0 aliphatic rings. The van der Waals surface area contributed by atoms with Gasteiger partial charge in [-0.25, -0.2) is 0 Å². The van der Waals surface area contributed by atoms with Crippen LogP contribution in [0.3, 0.4) is 0 Å². The van der Waals surface area contributed by atoms with Crippen molar-refractivity contribution in [2.75, 3.05) is 12.3 Å². The van der Waals surface area contributed by atoms with E-state index in [4.69, 9.17) is 0 Å². The number of halogens is 1. The molecule has 0 atom stereocenters. The van der Waals surface area contributed by atoms with E-state index in [1.165, 1.54) is 11.6 Å². The van der Waals surface area contributed by atoms with Gasteiger partial charge in [0.15, 0.2) is 0 Å². The molecule has 3 nitrogen and oxygen atoms in total. The van der Waals surface area contributed by atoms with E-state index in [0.717, 1.165) is 16.0 Å².